The largest absolute Gasteiger partial charge is 0.305 e. The van der Waals surface area contributed by atoms with Gasteiger partial charge < -0.3 is 5.32 Å². The Balaban J connectivity index is 1.96. The highest BCUT2D eigenvalue weighted by atomic mass is 35.5. The summed E-state index contributed by atoms with van der Waals surface area (Å²) in [5.74, 6) is 0.0769. The smallest absolute Gasteiger partial charge is 0.278 e. The van der Waals surface area contributed by atoms with Gasteiger partial charge in [0.05, 0.1) is 10.5 Å². The maximum Gasteiger partial charge on any atom is 0.278 e. The van der Waals surface area contributed by atoms with Crippen molar-refractivity contribution in [2.75, 3.05) is 5.32 Å². The number of halogens is 1. The number of hydrogen-bond acceptors (Lipinski definition) is 3. The van der Waals surface area contributed by atoms with Crippen molar-refractivity contribution >= 4 is 28.8 Å². The highest BCUT2D eigenvalue weighted by Gasteiger charge is 2.17. The molecule has 0 aliphatic carbocycles. The summed E-state index contributed by atoms with van der Waals surface area (Å²) < 4.78 is 1.57. The van der Waals surface area contributed by atoms with Crippen molar-refractivity contribution < 1.29 is 4.79 Å². The number of nitrogens with one attached hydrogen (secondary N) is 1. The van der Waals surface area contributed by atoms with Gasteiger partial charge in [-0.15, -0.1) is 0 Å². The number of nitrogens with zero attached hydrogens (tertiary/aromatic N) is 3. The Morgan fingerprint density at radius 2 is 2.05 bits per heavy atom. The van der Waals surface area contributed by atoms with Crippen molar-refractivity contribution in [3.05, 3.63) is 59.5 Å². The second-order valence-corrected chi connectivity index (χ2v) is 4.24. The fourth-order valence-electron chi connectivity index (χ4n) is 1.73. The Morgan fingerprint density at radius 1 is 1.21 bits per heavy atom. The maximum absolute atomic E-state index is 12.1. The van der Waals surface area contributed by atoms with Crippen molar-refractivity contribution in [3.63, 3.8) is 0 Å². The van der Waals surface area contributed by atoms with Crippen LogP contribution in [0.15, 0.2) is 48.8 Å². The number of pyridine rings is 2. The zero-order valence-corrected chi connectivity index (χ0v) is 10.5. The molecule has 0 fully saturated rings. The van der Waals surface area contributed by atoms with Crippen LogP contribution in [0.2, 0.25) is 5.02 Å². The fraction of sp³-hybridized carbons (Fsp3) is 0. The van der Waals surface area contributed by atoms with Crippen LogP contribution in [0.1, 0.15) is 10.5 Å². The Kier molecular flexibility index (Phi) is 2.89. The van der Waals surface area contributed by atoms with Gasteiger partial charge in [0.2, 0.25) is 0 Å². The quantitative estimate of drug-likeness (QED) is 0.780. The SMILES string of the molecule is O=C(Nc1ccccn1)c1nn2ccccc2c1Cl. The lowest BCUT2D eigenvalue weighted by Gasteiger charge is -2.01. The highest BCUT2D eigenvalue weighted by molar-refractivity contribution is 6.37. The molecule has 0 aliphatic heterocycles. The summed E-state index contributed by atoms with van der Waals surface area (Å²) in [6, 6.07) is 10.7. The second-order valence-electron chi connectivity index (χ2n) is 3.86. The number of hydrogen-bond donors (Lipinski definition) is 1. The molecule has 0 saturated carbocycles. The zero-order valence-electron chi connectivity index (χ0n) is 9.75. The molecule has 6 heteroatoms. The lowest BCUT2D eigenvalue weighted by molar-refractivity contribution is 0.102. The predicted molar refractivity (Wildman–Crippen MR) is 72.4 cm³/mol. The van der Waals surface area contributed by atoms with Gasteiger partial charge in [0.1, 0.15) is 5.82 Å². The lowest BCUT2D eigenvalue weighted by Crippen LogP contribution is -2.14. The minimum atomic E-state index is -0.382. The first-order valence-corrected chi connectivity index (χ1v) is 5.99. The normalized spacial score (nSPS) is 10.6. The van der Waals surface area contributed by atoms with E-state index in [0.717, 1.165) is 0 Å². The van der Waals surface area contributed by atoms with Crippen LogP contribution in [-0.2, 0) is 0 Å². The summed E-state index contributed by atoms with van der Waals surface area (Å²) in [7, 11) is 0. The molecule has 0 saturated heterocycles. The number of carbonyl (C=O) groups excluding carboxylic acids is 1. The van der Waals surface area contributed by atoms with Crippen LogP contribution in [0.25, 0.3) is 5.52 Å². The third-order valence-electron chi connectivity index (χ3n) is 2.60. The van der Waals surface area contributed by atoms with Crippen molar-refractivity contribution in [2.24, 2.45) is 0 Å². The van der Waals surface area contributed by atoms with Crippen LogP contribution in [0, 0.1) is 0 Å². The van der Waals surface area contributed by atoms with Gasteiger partial charge in [-0.1, -0.05) is 23.7 Å². The summed E-state index contributed by atoms with van der Waals surface area (Å²) >= 11 is 6.15. The first-order valence-electron chi connectivity index (χ1n) is 5.61. The molecule has 0 atom stereocenters. The van der Waals surface area contributed by atoms with Crippen LogP contribution in [0.5, 0.6) is 0 Å². The zero-order chi connectivity index (χ0) is 13.2. The predicted octanol–water partition coefficient (Wildman–Crippen LogP) is 2.64. The molecule has 0 aromatic carbocycles. The Bertz CT molecular complexity index is 739. The van der Waals surface area contributed by atoms with Gasteiger partial charge in [-0.3, -0.25) is 4.79 Å². The molecule has 3 heterocycles. The minimum Gasteiger partial charge on any atom is -0.305 e. The molecule has 0 aliphatic rings. The standard InChI is InChI=1S/C13H9ClN4O/c14-11-9-5-2-4-8-18(9)17-12(11)13(19)16-10-6-1-3-7-15-10/h1-8H,(H,15,16,19). The van der Waals surface area contributed by atoms with E-state index < -0.39 is 0 Å². The number of aromatic nitrogens is 3. The van der Waals surface area contributed by atoms with Crippen LogP contribution >= 0.6 is 11.6 Å². The van der Waals surface area contributed by atoms with E-state index >= 15 is 0 Å². The molecule has 0 spiro atoms. The number of anilines is 1. The Morgan fingerprint density at radius 3 is 2.79 bits per heavy atom. The van der Waals surface area contributed by atoms with E-state index in [-0.39, 0.29) is 11.6 Å². The van der Waals surface area contributed by atoms with E-state index in [2.05, 4.69) is 15.4 Å². The number of carbonyl (C=O) groups is 1. The summed E-state index contributed by atoms with van der Waals surface area (Å²) in [4.78, 5) is 16.1. The molecule has 0 radical (unpaired) electrons. The van der Waals surface area contributed by atoms with Crippen LogP contribution < -0.4 is 5.32 Å². The van der Waals surface area contributed by atoms with Gasteiger partial charge in [0.15, 0.2) is 5.69 Å². The van der Waals surface area contributed by atoms with Crippen molar-refractivity contribution in [3.8, 4) is 0 Å². The van der Waals surface area contributed by atoms with Gasteiger partial charge in [-0.05, 0) is 24.3 Å². The van der Waals surface area contributed by atoms with Gasteiger partial charge in [-0.25, -0.2) is 9.50 Å². The fourth-order valence-corrected chi connectivity index (χ4v) is 2.00. The third kappa shape index (κ3) is 2.15. The van der Waals surface area contributed by atoms with E-state index in [4.69, 9.17) is 11.6 Å². The molecule has 3 rings (SSSR count). The molecule has 1 N–H and O–H groups in total. The van der Waals surface area contributed by atoms with Gasteiger partial charge in [0.25, 0.3) is 5.91 Å². The van der Waals surface area contributed by atoms with Crippen LogP contribution in [0.4, 0.5) is 5.82 Å². The maximum atomic E-state index is 12.1. The molecular weight excluding hydrogens is 264 g/mol. The van der Waals surface area contributed by atoms with E-state index in [1.807, 2.05) is 12.1 Å². The van der Waals surface area contributed by atoms with E-state index in [1.54, 1.807) is 41.2 Å². The summed E-state index contributed by atoms with van der Waals surface area (Å²) in [5, 5.41) is 7.13. The van der Waals surface area contributed by atoms with Crippen LogP contribution in [0.3, 0.4) is 0 Å². The molecule has 3 aromatic heterocycles. The van der Waals surface area contributed by atoms with E-state index in [1.165, 1.54) is 0 Å². The third-order valence-corrected chi connectivity index (χ3v) is 2.97. The van der Waals surface area contributed by atoms with E-state index in [0.29, 0.717) is 16.4 Å². The minimum absolute atomic E-state index is 0.179. The molecule has 19 heavy (non-hydrogen) atoms. The molecule has 0 bridgehead atoms. The van der Waals surface area contributed by atoms with Crippen molar-refractivity contribution in [1.29, 1.82) is 0 Å². The van der Waals surface area contributed by atoms with Gasteiger partial charge in [-0.2, -0.15) is 5.10 Å². The molecule has 0 unspecified atom stereocenters. The Hall–Kier alpha value is -2.40. The average Bonchev–Trinajstić information content (AvgIpc) is 2.78. The molecule has 3 aromatic rings. The second kappa shape index (κ2) is 4.70. The topological polar surface area (TPSA) is 59.3 Å². The van der Waals surface area contributed by atoms with Crippen molar-refractivity contribution in [1.82, 2.24) is 14.6 Å². The monoisotopic (exact) mass is 272 g/mol. The van der Waals surface area contributed by atoms with Crippen LogP contribution in [-0.4, -0.2) is 20.5 Å². The molecule has 94 valence electrons. The summed E-state index contributed by atoms with van der Waals surface area (Å²) in [6.45, 7) is 0. The summed E-state index contributed by atoms with van der Waals surface area (Å²) in [6.07, 6.45) is 3.33. The summed E-state index contributed by atoms with van der Waals surface area (Å²) in [5.41, 5.74) is 0.869. The molecule has 5 nitrogen and oxygen atoms in total. The molecular formula is C13H9ClN4O. The number of amides is 1. The Labute approximate surface area is 113 Å². The highest BCUT2D eigenvalue weighted by Crippen LogP contribution is 2.22. The number of rotatable bonds is 2. The first kappa shape index (κ1) is 11.7. The lowest BCUT2D eigenvalue weighted by atomic mass is 10.3. The molecule has 1 amide bonds. The average molecular weight is 273 g/mol. The van der Waals surface area contributed by atoms with Crippen molar-refractivity contribution in [2.45, 2.75) is 0 Å². The van der Waals surface area contributed by atoms with Gasteiger partial charge in [0, 0.05) is 12.4 Å². The number of fused-ring (bicyclic) bond motifs is 1. The van der Waals surface area contributed by atoms with Gasteiger partial charge >= 0.3 is 0 Å². The first-order chi connectivity index (χ1) is 9.25. The van der Waals surface area contributed by atoms with E-state index in [9.17, 15) is 4.79 Å².